The lowest BCUT2D eigenvalue weighted by molar-refractivity contribution is -0.121. The molecule has 0 saturated carbocycles. The number of carbonyl (C=O) groups is 2. The van der Waals surface area contributed by atoms with E-state index in [-0.39, 0.29) is 17.7 Å². The van der Waals surface area contributed by atoms with Crippen LogP contribution in [-0.4, -0.2) is 36.0 Å². The predicted molar refractivity (Wildman–Crippen MR) is 106 cm³/mol. The van der Waals surface area contributed by atoms with E-state index in [4.69, 9.17) is 11.6 Å². The highest BCUT2D eigenvalue weighted by atomic mass is 35.5. The fourth-order valence-corrected chi connectivity index (χ4v) is 3.71. The van der Waals surface area contributed by atoms with Gasteiger partial charge in [0.15, 0.2) is 0 Å². The number of hydrogen-bond donors (Lipinski definition) is 1. The van der Waals surface area contributed by atoms with Crippen LogP contribution in [0.4, 0.5) is 5.69 Å². The van der Waals surface area contributed by atoms with Crippen molar-refractivity contribution in [2.45, 2.75) is 19.4 Å². The molecule has 1 unspecified atom stereocenters. The van der Waals surface area contributed by atoms with Crippen LogP contribution < -0.4 is 5.32 Å². The molecule has 4 rings (SSSR count). The van der Waals surface area contributed by atoms with E-state index in [0.29, 0.717) is 35.9 Å². The number of likely N-dealkylation sites (tertiary alicyclic amines) is 1. The smallest absolute Gasteiger partial charge is 0.253 e. The summed E-state index contributed by atoms with van der Waals surface area (Å²) in [6, 6.07) is 12.7. The van der Waals surface area contributed by atoms with Gasteiger partial charge in [-0.25, -0.2) is 0 Å². The lowest BCUT2D eigenvalue weighted by Gasteiger charge is -2.32. The molecule has 0 spiro atoms. The van der Waals surface area contributed by atoms with Crippen LogP contribution in [0.3, 0.4) is 0 Å². The van der Waals surface area contributed by atoms with Gasteiger partial charge in [-0.1, -0.05) is 17.7 Å². The number of piperidine rings is 1. The monoisotopic (exact) mass is 381 g/mol. The quantitative estimate of drug-likeness (QED) is 0.879. The van der Waals surface area contributed by atoms with E-state index in [9.17, 15) is 9.59 Å². The molecular weight excluding hydrogens is 362 g/mol. The molecule has 1 fully saturated rings. The fourth-order valence-electron chi connectivity index (χ4n) is 3.58. The second kappa shape index (κ2) is 7.53. The third-order valence-corrected chi connectivity index (χ3v) is 5.33. The summed E-state index contributed by atoms with van der Waals surface area (Å²) in [4.78, 5) is 31.5. The number of anilines is 1. The number of carbonyl (C=O) groups excluding carboxylic acids is 2. The number of halogens is 1. The topological polar surface area (TPSA) is 61.8 Å². The van der Waals surface area contributed by atoms with Crippen LogP contribution in [0.25, 0.3) is 0 Å². The Bertz CT molecular complexity index is 908. The van der Waals surface area contributed by atoms with Crippen molar-refractivity contribution in [1.29, 1.82) is 0 Å². The average Bonchev–Trinajstić information content (AvgIpc) is 3.17. The van der Waals surface area contributed by atoms with Crippen LogP contribution in [0.5, 0.6) is 0 Å². The van der Waals surface area contributed by atoms with Crippen LogP contribution in [0.15, 0.2) is 47.5 Å². The van der Waals surface area contributed by atoms with Crippen LogP contribution in [0.2, 0.25) is 5.02 Å². The Morgan fingerprint density at radius 2 is 1.96 bits per heavy atom. The third-order valence-electron chi connectivity index (χ3n) is 5.07. The van der Waals surface area contributed by atoms with Gasteiger partial charge in [0.05, 0.1) is 12.5 Å². The Labute approximate surface area is 163 Å². The molecule has 0 aliphatic carbocycles. The molecule has 2 aromatic rings. The van der Waals surface area contributed by atoms with Gasteiger partial charge in [-0.2, -0.15) is 0 Å². The Morgan fingerprint density at radius 1 is 1.15 bits per heavy atom. The summed E-state index contributed by atoms with van der Waals surface area (Å²) in [5.74, 6) is -0.290. The molecule has 0 radical (unpaired) electrons. The number of aliphatic imine (C=N–C) groups is 1. The summed E-state index contributed by atoms with van der Waals surface area (Å²) in [6.07, 6.45) is 3.43. The number of amides is 2. The standard InChI is InChI=1S/C21H20ClN3O2/c22-18-5-7-19(8-6-18)24-20(26)16-2-1-9-25(13-16)21(27)14-3-4-15-11-23-12-17(15)10-14/h3-8,10-11,16H,1-2,9,12-13H2,(H,24,26). The molecule has 0 aromatic heterocycles. The van der Waals surface area contributed by atoms with Gasteiger partial charge in [0.2, 0.25) is 5.91 Å². The Kier molecular flexibility index (Phi) is 4.94. The summed E-state index contributed by atoms with van der Waals surface area (Å²) < 4.78 is 0. The highest BCUT2D eigenvalue weighted by molar-refractivity contribution is 6.30. The summed E-state index contributed by atoms with van der Waals surface area (Å²) in [7, 11) is 0. The summed E-state index contributed by atoms with van der Waals surface area (Å²) in [6.45, 7) is 1.74. The molecule has 2 amide bonds. The van der Waals surface area contributed by atoms with E-state index in [1.807, 2.05) is 24.4 Å². The van der Waals surface area contributed by atoms with Crippen molar-refractivity contribution in [1.82, 2.24) is 4.90 Å². The normalized spacial score (nSPS) is 18.3. The van der Waals surface area contributed by atoms with Crippen molar-refractivity contribution in [2.24, 2.45) is 10.9 Å². The van der Waals surface area contributed by atoms with Crippen LogP contribution >= 0.6 is 11.6 Å². The fraction of sp³-hybridized carbons (Fsp3) is 0.286. The minimum Gasteiger partial charge on any atom is -0.338 e. The van der Waals surface area contributed by atoms with Crippen LogP contribution in [-0.2, 0) is 11.3 Å². The first-order valence-electron chi connectivity index (χ1n) is 9.08. The number of nitrogens with one attached hydrogen (secondary N) is 1. The number of rotatable bonds is 3. The summed E-state index contributed by atoms with van der Waals surface area (Å²) >= 11 is 5.88. The van der Waals surface area contributed by atoms with Crippen molar-refractivity contribution < 1.29 is 9.59 Å². The Balaban J connectivity index is 1.42. The molecule has 2 heterocycles. The zero-order valence-corrected chi connectivity index (χ0v) is 15.6. The lowest BCUT2D eigenvalue weighted by atomic mass is 9.96. The van der Waals surface area contributed by atoms with Gasteiger partial charge in [-0.15, -0.1) is 0 Å². The van der Waals surface area contributed by atoms with Crippen LogP contribution in [0, 0.1) is 5.92 Å². The van der Waals surface area contributed by atoms with Crippen molar-refractivity contribution in [2.75, 3.05) is 18.4 Å². The molecule has 138 valence electrons. The molecule has 2 aliphatic rings. The van der Waals surface area contributed by atoms with E-state index in [1.54, 1.807) is 29.2 Å². The highest BCUT2D eigenvalue weighted by Gasteiger charge is 2.29. The first kappa shape index (κ1) is 17.7. The van der Waals surface area contributed by atoms with Crippen molar-refractivity contribution >= 4 is 35.3 Å². The zero-order valence-electron chi connectivity index (χ0n) is 14.8. The number of hydrogen-bond acceptors (Lipinski definition) is 3. The molecule has 2 aliphatic heterocycles. The first-order chi connectivity index (χ1) is 13.1. The second-order valence-electron chi connectivity index (χ2n) is 6.97. The van der Waals surface area contributed by atoms with Crippen molar-refractivity contribution in [3.8, 4) is 0 Å². The second-order valence-corrected chi connectivity index (χ2v) is 7.41. The van der Waals surface area contributed by atoms with Gasteiger partial charge in [0.1, 0.15) is 0 Å². The van der Waals surface area contributed by atoms with E-state index in [1.165, 1.54) is 0 Å². The van der Waals surface area contributed by atoms with E-state index in [0.717, 1.165) is 24.0 Å². The maximum Gasteiger partial charge on any atom is 0.253 e. The zero-order chi connectivity index (χ0) is 18.8. The van der Waals surface area contributed by atoms with Crippen molar-refractivity contribution in [3.63, 3.8) is 0 Å². The minimum absolute atomic E-state index is 0.0197. The van der Waals surface area contributed by atoms with Gasteiger partial charge in [0.25, 0.3) is 5.91 Å². The molecule has 27 heavy (non-hydrogen) atoms. The molecule has 1 saturated heterocycles. The molecule has 1 atom stereocenters. The third kappa shape index (κ3) is 3.88. The minimum atomic E-state index is -0.212. The molecule has 6 heteroatoms. The molecule has 2 aromatic carbocycles. The number of benzene rings is 2. The SMILES string of the molecule is O=C(Nc1ccc(Cl)cc1)C1CCCN(C(=O)c2ccc3c(c2)CN=C3)C1. The Hall–Kier alpha value is -2.66. The summed E-state index contributed by atoms with van der Waals surface area (Å²) in [5, 5.41) is 3.55. The molecule has 5 nitrogen and oxygen atoms in total. The van der Waals surface area contributed by atoms with E-state index < -0.39 is 0 Å². The molecule has 0 bridgehead atoms. The lowest BCUT2D eigenvalue weighted by Crippen LogP contribution is -2.43. The first-order valence-corrected chi connectivity index (χ1v) is 9.46. The maximum atomic E-state index is 12.9. The van der Waals surface area contributed by atoms with Gasteiger partial charge in [0, 0.05) is 35.6 Å². The molecule has 1 N–H and O–H groups in total. The van der Waals surface area contributed by atoms with Gasteiger partial charge in [-0.05, 0) is 60.4 Å². The van der Waals surface area contributed by atoms with Gasteiger partial charge >= 0.3 is 0 Å². The van der Waals surface area contributed by atoms with Crippen LogP contribution in [0.1, 0.15) is 34.3 Å². The Morgan fingerprint density at radius 3 is 2.78 bits per heavy atom. The largest absolute Gasteiger partial charge is 0.338 e. The number of fused-ring (bicyclic) bond motifs is 1. The average molecular weight is 382 g/mol. The predicted octanol–water partition coefficient (Wildman–Crippen LogP) is 3.76. The highest BCUT2D eigenvalue weighted by Crippen LogP contribution is 2.23. The van der Waals surface area contributed by atoms with Crippen molar-refractivity contribution in [3.05, 3.63) is 64.2 Å². The van der Waals surface area contributed by atoms with Gasteiger partial charge in [-0.3, -0.25) is 14.6 Å². The maximum absolute atomic E-state index is 12.9. The number of nitrogens with zero attached hydrogens (tertiary/aromatic N) is 2. The van der Waals surface area contributed by atoms with E-state index >= 15 is 0 Å². The molecular formula is C21H20ClN3O2. The van der Waals surface area contributed by atoms with E-state index in [2.05, 4.69) is 10.3 Å². The summed E-state index contributed by atoms with van der Waals surface area (Å²) in [5.41, 5.74) is 3.53. The van der Waals surface area contributed by atoms with Gasteiger partial charge < -0.3 is 10.2 Å².